The lowest BCUT2D eigenvalue weighted by atomic mass is 10.1. The quantitative estimate of drug-likeness (QED) is 0.480. The molecular weight excluding hydrogens is 120 g/mol. The van der Waals surface area contributed by atoms with Crippen molar-refractivity contribution in [2.75, 3.05) is 0 Å². The van der Waals surface area contributed by atoms with Crippen molar-refractivity contribution in [1.82, 2.24) is 0 Å². The predicted molar refractivity (Wildman–Crippen MR) is 37.0 cm³/mol. The van der Waals surface area contributed by atoms with Crippen LogP contribution in [0, 0.1) is 5.92 Å². The largest absolute Gasteiger partial charge is 0.122 e. The van der Waals surface area contributed by atoms with Gasteiger partial charge in [-0.2, -0.15) is 0 Å². The summed E-state index contributed by atoms with van der Waals surface area (Å²) in [5, 5.41) is 0.417. The minimum atomic E-state index is 0.417. The van der Waals surface area contributed by atoms with Gasteiger partial charge in [0.25, 0.3) is 0 Å². The van der Waals surface area contributed by atoms with Crippen molar-refractivity contribution in [2.24, 2.45) is 0 Å². The number of hydrogen-bond donors (Lipinski definition) is 0. The van der Waals surface area contributed by atoms with E-state index in [1.54, 1.807) is 5.92 Å². The molecule has 1 unspecified atom stereocenters. The van der Waals surface area contributed by atoms with Crippen LogP contribution in [0.25, 0.3) is 0 Å². The third kappa shape index (κ3) is 1.17. The molecule has 0 heterocycles. The Labute approximate surface area is 56.2 Å². The van der Waals surface area contributed by atoms with Gasteiger partial charge in [-0.15, -0.1) is 11.6 Å². The van der Waals surface area contributed by atoms with E-state index in [-0.39, 0.29) is 0 Å². The summed E-state index contributed by atoms with van der Waals surface area (Å²) in [5.74, 6) is 1.56. The maximum Gasteiger partial charge on any atom is 0.0398 e. The molecule has 8 heavy (non-hydrogen) atoms. The molecule has 1 radical (unpaired) electrons. The van der Waals surface area contributed by atoms with Crippen LogP contribution in [0.1, 0.15) is 32.6 Å². The van der Waals surface area contributed by atoms with E-state index in [2.05, 4.69) is 6.92 Å². The second-order valence-corrected chi connectivity index (χ2v) is 2.90. The molecule has 1 fully saturated rings. The molecule has 1 aliphatic rings. The van der Waals surface area contributed by atoms with Crippen molar-refractivity contribution >= 4 is 11.6 Å². The maximum atomic E-state index is 5.94. The van der Waals surface area contributed by atoms with E-state index in [1.165, 1.54) is 25.7 Å². The molecule has 1 rings (SSSR count). The topological polar surface area (TPSA) is 0 Å². The second kappa shape index (κ2) is 2.72. The fourth-order valence-corrected chi connectivity index (χ4v) is 1.69. The van der Waals surface area contributed by atoms with Gasteiger partial charge in [-0.1, -0.05) is 13.3 Å². The Bertz CT molecular complexity index is 70.8. The molecule has 0 aromatic heterocycles. The molecule has 0 amide bonds. The Morgan fingerprint density at radius 1 is 1.75 bits per heavy atom. The normalized spacial score (nSPS) is 31.5. The Kier molecular flexibility index (Phi) is 2.18. The summed E-state index contributed by atoms with van der Waals surface area (Å²) in [6.45, 7) is 2.19. The minimum Gasteiger partial charge on any atom is -0.122 e. The highest BCUT2D eigenvalue weighted by molar-refractivity contribution is 6.22. The van der Waals surface area contributed by atoms with E-state index >= 15 is 0 Å². The molecule has 0 bridgehead atoms. The van der Waals surface area contributed by atoms with Gasteiger partial charge in [-0.3, -0.25) is 0 Å². The second-order valence-electron chi connectivity index (χ2n) is 2.37. The molecule has 0 aromatic carbocycles. The van der Waals surface area contributed by atoms with Crippen molar-refractivity contribution < 1.29 is 0 Å². The van der Waals surface area contributed by atoms with Crippen molar-refractivity contribution in [1.29, 1.82) is 0 Å². The molecule has 1 heteroatoms. The van der Waals surface area contributed by atoms with Crippen molar-refractivity contribution in [2.45, 2.75) is 38.0 Å². The van der Waals surface area contributed by atoms with Crippen molar-refractivity contribution in [3.05, 3.63) is 5.92 Å². The first kappa shape index (κ1) is 6.41. The molecule has 0 nitrogen and oxygen atoms in total. The summed E-state index contributed by atoms with van der Waals surface area (Å²) < 4.78 is 0. The third-order valence-corrected chi connectivity index (χ3v) is 2.38. The molecule has 0 N–H and O–H groups in total. The van der Waals surface area contributed by atoms with E-state index in [0.717, 1.165) is 0 Å². The van der Waals surface area contributed by atoms with Crippen LogP contribution < -0.4 is 0 Å². The van der Waals surface area contributed by atoms with E-state index in [4.69, 9.17) is 11.6 Å². The third-order valence-electron chi connectivity index (χ3n) is 1.85. The van der Waals surface area contributed by atoms with Crippen molar-refractivity contribution in [3.8, 4) is 0 Å². The van der Waals surface area contributed by atoms with Crippen LogP contribution in [0.15, 0.2) is 0 Å². The maximum absolute atomic E-state index is 5.94. The van der Waals surface area contributed by atoms with E-state index in [1.807, 2.05) is 0 Å². The number of alkyl halides is 1. The fraction of sp³-hybridized carbons (Fsp3) is 0.857. The first-order valence-electron chi connectivity index (χ1n) is 3.33. The SMILES string of the molecule is CC[C]1CCCC1Cl. The van der Waals surface area contributed by atoms with Gasteiger partial charge in [0.05, 0.1) is 0 Å². The predicted octanol–water partition coefficient (Wildman–Crippen LogP) is 2.76. The lowest BCUT2D eigenvalue weighted by molar-refractivity contribution is 0.819. The van der Waals surface area contributed by atoms with Gasteiger partial charge in [0.2, 0.25) is 0 Å². The summed E-state index contributed by atoms with van der Waals surface area (Å²) in [6, 6.07) is 0. The van der Waals surface area contributed by atoms with Gasteiger partial charge in [0.15, 0.2) is 0 Å². The summed E-state index contributed by atoms with van der Waals surface area (Å²) in [6.07, 6.45) is 5.00. The van der Waals surface area contributed by atoms with Gasteiger partial charge < -0.3 is 0 Å². The number of hydrogen-bond acceptors (Lipinski definition) is 0. The van der Waals surface area contributed by atoms with Crippen molar-refractivity contribution in [3.63, 3.8) is 0 Å². The summed E-state index contributed by atoms with van der Waals surface area (Å²) in [5.41, 5.74) is 0. The Morgan fingerprint density at radius 2 is 2.50 bits per heavy atom. The summed E-state index contributed by atoms with van der Waals surface area (Å²) in [4.78, 5) is 0. The van der Waals surface area contributed by atoms with Crippen LogP contribution in [-0.2, 0) is 0 Å². The van der Waals surface area contributed by atoms with E-state index in [0.29, 0.717) is 5.38 Å². The van der Waals surface area contributed by atoms with Gasteiger partial charge in [0, 0.05) is 5.38 Å². The average molecular weight is 132 g/mol. The molecule has 0 aliphatic heterocycles. The molecule has 47 valence electrons. The van der Waals surface area contributed by atoms with Gasteiger partial charge >= 0.3 is 0 Å². The van der Waals surface area contributed by atoms with Crippen LogP contribution in [0.4, 0.5) is 0 Å². The zero-order valence-corrected chi connectivity index (χ0v) is 6.04. The Morgan fingerprint density at radius 3 is 2.75 bits per heavy atom. The zero-order valence-electron chi connectivity index (χ0n) is 5.28. The van der Waals surface area contributed by atoms with Crippen LogP contribution in [0.5, 0.6) is 0 Å². The fourth-order valence-electron chi connectivity index (χ4n) is 1.27. The minimum absolute atomic E-state index is 0.417. The summed E-state index contributed by atoms with van der Waals surface area (Å²) >= 11 is 5.94. The summed E-state index contributed by atoms with van der Waals surface area (Å²) in [7, 11) is 0. The van der Waals surface area contributed by atoms with Crippen LogP contribution in [-0.4, -0.2) is 5.38 Å². The molecule has 1 aliphatic carbocycles. The van der Waals surface area contributed by atoms with Crippen LogP contribution in [0.2, 0.25) is 0 Å². The standard InChI is InChI=1S/C7H12Cl/c1-2-6-4-3-5-7(6)8/h7H,2-5H2,1H3. The molecule has 0 spiro atoms. The highest BCUT2D eigenvalue weighted by Gasteiger charge is 2.23. The first-order valence-corrected chi connectivity index (χ1v) is 3.77. The number of rotatable bonds is 1. The molecular formula is C7H12Cl. The smallest absolute Gasteiger partial charge is 0.0398 e. The van der Waals surface area contributed by atoms with Gasteiger partial charge in [-0.25, -0.2) is 0 Å². The highest BCUT2D eigenvalue weighted by Crippen LogP contribution is 2.33. The zero-order chi connectivity index (χ0) is 5.98. The lowest BCUT2D eigenvalue weighted by Gasteiger charge is -2.07. The molecule has 1 saturated carbocycles. The first-order chi connectivity index (χ1) is 3.84. The number of halogens is 1. The Balaban J connectivity index is 2.30. The van der Waals surface area contributed by atoms with E-state index < -0.39 is 0 Å². The van der Waals surface area contributed by atoms with Crippen LogP contribution in [0.3, 0.4) is 0 Å². The molecule has 0 aromatic rings. The monoisotopic (exact) mass is 131 g/mol. The Hall–Kier alpha value is 0.290. The van der Waals surface area contributed by atoms with Crippen LogP contribution >= 0.6 is 11.6 Å². The van der Waals surface area contributed by atoms with E-state index in [9.17, 15) is 0 Å². The molecule has 1 atom stereocenters. The van der Waals surface area contributed by atoms with Gasteiger partial charge in [-0.05, 0) is 25.2 Å². The highest BCUT2D eigenvalue weighted by atomic mass is 35.5. The average Bonchev–Trinajstić information content (AvgIpc) is 2.14. The lowest BCUT2D eigenvalue weighted by Crippen LogP contribution is -2.01. The molecule has 0 saturated heterocycles. The van der Waals surface area contributed by atoms with Gasteiger partial charge in [0.1, 0.15) is 0 Å².